The summed E-state index contributed by atoms with van der Waals surface area (Å²) in [4.78, 5) is 27.9. The van der Waals surface area contributed by atoms with E-state index in [0.717, 1.165) is 17.7 Å². The zero-order chi connectivity index (χ0) is 21.6. The van der Waals surface area contributed by atoms with Crippen molar-refractivity contribution in [2.45, 2.75) is 50.8 Å². The minimum atomic E-state index is -0.496. The number of thioether (sulfide) groups is 1. The van der Waals surface area contributed by atoms with Crippen LogP contribution in [-0.2, 0) is 11.2 Å². The molecule has 1 unspecified atom stereocenters. The van der Waals surface area contributed by atoms with Crippen molar-refractivity contribution in [2.24, 2.45) is 5.92 Å². The number of anilines is 1. The van der Waals surface area contributed by atoms with Gasteiger partial charge in [-0.3, -0.25) is 14.9 Å². The lowest BCUT2D eigenvalue weighted by atomic mass is 10.1. The van der Waals surface area contributed by atoms with Crippen LogP contribution < -0.4 is 5.32 Å². The number of carbonyl (C=O) groups excluding carboxylic acids is 1. The lowest BCUT2D eigenvalue weighted by molar-refractivity contribution is -0.384. The molecule has 0 fully saturated rings. The number of hydrogen-bond acceptors (Lipinski definition) is 6. The van der Waals surface area contributed by atoms with E-state index in [-0.39, 0.29) is 11.6 Å². The molecule has 1 heterocycles. The number of nitrogens with one attached hydrogen (secondary N) is 1. The van der Waals surface area contributed by atoms with Crippen molar-refractivity contribution in [1.82, 2.24) is 4.98 Å². The number of amides is 1. The molecule has 2 rings (SSSR count). The van der Waals surface area contributed by atoms with Crippen LogP contribution in [0.5, 0.6) is 0 Å². The molecule has 0 bridgehead atoms. The molecule has 0 spiro atoms. The summed E-state index contributed by atoms with van der Waals surface area (Å²) in [6.45, 7) is 7.84. The van der Waals surface area contributed by atoms with Crippen molar-refractivity contribution < 1.29 is 9.72 Å². The molecule has 8 heteroatoms. The van der Waals surface area contributed by atoms with Gasteiger partial charge in [-0.25, -0.2) is 4.98 Å². The lowest BCUT2D eigenvalue weighted by Crippen LogP contribution is -2.25. The van der Waals surface area contributed by atoms with E-state index in [2.05, 4.69) is 30.2 Å². The van der Waals surface area contributed by atoms with Crippen LogP contribution in [0.15, 0.2) is 35.4 Å². The maximum Gasteiger partial charge on any atom is 0.271 e. The lowest BCUT2D eigenvalue weighted by Gasteiger charge is -2.16. The van der Waals surface area contributed by atoms with Crippen molar-refractivity contribution in [3.8, 4) is 6.07 Å². The summed E-state index contributed by atoms with van der Waals surface area (Å²) in [6, 6.07) is 10.1. The summed E-state index contributed by atoms with van der Waals surface area (Å²) < 4.78 is 0. The number of rotatable bonds is 8. The van der Waals surface area contributed by atoms with Gasteiger partial charge in [0.15, 0.2) is 0 Å². The highest BCUT2D eigenvalue weighted by Gasteiger charge is 2.22. The van der Waals surface area contributed by atoms with Gasteiger partial charge in [0.05, 0.1) is 21.4 Å². The molecule has 2 aromatic rings. The van der Waals surface area contributed by atoms with Crippen LogP contribution in [0.2, 0.25) is 0 Å². The van der Waals surface area contributed by atoms with Crippen LogP contribution in [-0.4, -0.2) is 21.1 Å². The van der Waals surface area contributed by atoms with E-state index in [1.54, 1.807) is 19.1 Å². The van der Waals surface area contributed by atoms with Crippen LogP contribution in [0.25, 0.3) is 0 Å². The number of benzene rings is 1. The molecule has 29 heavy (non-hydrogen) atoms. The largest absolute Gasteiger partial charge is 0.325 e. The summed E-state index contributed by atoms with van der Waals surface area (Å²) >= 11 is 1.25. The number of pyridine rings is 1. The smallest absolute Gasteiger partial charge is 0.271 e. The molecule has 0 aliphatic carbocycles. The number of aromatic nitrogens is 1. The first-order valence-electron chi connectivity index (χ1n) is 9.37. The molecule has 152 valence electrons. The molecule has 1 amide bonds. The average molecular weight is 413 g/mol. The van der Waals surface area contributed by atoms with Gasteiger partial charge in [-0.05, 0) is 43.4 Å². The van der Waals surface area contributed by atoms with Gasteiger partial charge in [0.25, 0.3) is 5.69 Å². The van der Waals surface area contributed by atoms with E-state index >= 15 is 0 Å². The molecule has 0 radical (unpaired) electrons. The molecule has 0 aliphatic heterocycles. The highest BCUT2D eigenvalue weighted by molar-refractivity contribution is 8.00. The van der Waals surface area contributed by atoms with Crippen LogP contribution in [0.1, 0.15) is 44.0 Å². The molecule has 1 aromatic heterocycles. The van der Waals surface area contributed by atoms with E-state index in [9.17, 15) is 20.2 Å². The molecule has 0 aliphatic rings. The Bertz CT molecular complexity index is 953. The third-order valence-corrected chi connectivity index (χ3v) is 5.63. The number of aryl methyl sites for hydroxylation is 1. The predicted octanol–water partition coefficient (Wildman–Crippen LogP) is 4.88. The average Bonchev–Trinajstić information content (AvgIpc) is 2.67. The van der Waals surface area contributed by atoms with Crippen molar-refractivity contribution in [3.05, 3.63) is 57.3 Å². The van der Waals surface area contributed by atoms with Gasteiger partial charge < -0.3 is 5.32 Å². The SMILES string of the molecule is CCC(Sc1nc(CC(C)C)ccc1C#N)C(=O)Nc1cc([N+](=O)[O-])ccc1C. The van der Waals surface area contributed by atoms with Crippen molar-refractivity contribution in [3.63, 3.8) is 0 Å². The fraction of sp³-hybridized carbons (Fsp3) is 0.381. The standard InChI is InChI=1S/C21H24N4O3S/c1-5-19(20(26)24-18-11-17(25(27)28)9-6-14(18)4)29-21-15(12-22)7-8-16(23-21)10-13(2)3/h6-9,11,13,19H,5,10H2,1-4H3,(H,24,26). The van der Waals surface area contributed by atoms with Crippen molar-refractivity contribution in [1.29, 1.82) is 5.26 Å². The van der Waals surface area contributed by atoms with Gasteiger partial charge in [-0.1, -0.05) is 38.6 Å². The number of non-ortho nitro benzene ring substituents is 1. The number of nitrogens with zero attached hydrogens (tertiary/aromatic N) is 3. The summed E-state index contributed by atoms with van der Waals surface area (Å²) in [5.41, 5.74) is 2.37. The zero-order valence-corrected chi connectivity index (χ0v) is 17.7. The minimum Gasteiger partial charge on any atom is -0.325 e. The van der Waals surface area contributed by atoms with E-state index < -0.39 is 10.2 Å². The quantitative estimate of drug-likeness (QED) is 0.376. The van der Waals surface area contributed by atoms with Crippen molar-refractivity contribution >= 4 is 29.0 Å². The fourth-order valence-corrected chi connectivity index (χ4v) is 3.73. The first-order chi connectivity index (χ1) is 13.7. The third-order valence-electron chi connectivity index (χ3n) is 4.26. The Morgan fingerprint density at radius 3 is 2.66 bits per heavy atom. The van der Waals surface area contributed by atoms with Gasteiger partial charge in [0.2, 0.25) is 5.91 Å². The summed E-state index contributed by atoms with van der Waals surface area (Å²) in [5.74, 6) is 0.149. The number of nitro benzene ring substituents is 1. The predicted molar refractivity (Wildman–Crippen MR) is 114 cm³/mol. The first kappa shape index (κ1) is 22.4. The van der Waals surface area contributed by atoms with E-state index in [0.29, 0.717) is 28.6 Å². The second-order valence-electron chi connectivity index (χ2n) is 7.13. The molecule has 1 aromatic carbocycles. The maximum atomic E-state index is 12.8. The Balaban J connectivity index is 2.24. The molecular formula is C21H24N4O3S. The van der Waals surface area contributed by atoms with Crippen LogP contribution >= 0.6 is 11.8 Å². The Morgan fingerprint density at radius 2 is 2.07 bits per heavy atom. The minimum absolute atomic E-state index is 0.0820. The normalized spacial score (nSPS) is 11.7. The van der Waals surface area contributed by atoms with Crippen LogP contribution in [0, 0.1) is 34.3 Å². The molecular weight excluding hydrogens is 388 g/mol. The van der Waals surface area contributed by atoms with E-state index in [4.69, 9.17) is 0 Å². The molecule has 1 N–H and O–H groups in total. The second-order valence-corrected chi connectivity index (χ2v) is 8.32. The Kier molecular flexibility index (Phi) is 7.74. The highest BCUT2D eigenvalue weighted by Crippen LogP contribution is 2.29. The van der Waals surface area contributed by atoms with Crippen LogP contribution in [0.3, 0.4) is 0 Å². The topological polar surface area (TPSA) is 109 Å². The van der Waals surface area contributed by atoms with Gasteiger partial charge in [-0.15, -0.1) is 0 Å². The van der Waals surface area contributed by atoms with E-state index in [1.807, 2.05) is 13.0 Å². The summed E-state index contributed by atoms with van der Waals surface area (Å²) in [7, 11) is 0. The van der Waals surface area contributed by atoms with Gasteiger partial charge in [-0.2, -0.15) is 5.26 Å². The van der Waals surface area contributed by atoms with Crippen molar-refractivity contribution in [2.75, 3.05) is 5.32 Å². The number of nitro groups is 1. The Morgan fingerprint density at radius 1 is 1.34 bits per heavy atom. The molecule has 0 saturated carbocycles. The third kappa shape index (κ3) is 6.03. The Hall–Kier alpha value is -2.92. The summed E-state index contributed by atoms with van der Waals surface area (Å²) in [6.07, 6.45) is 1.31. The number of hydrogen-bond donors (Lipinski definition) is 1. The zero-order valence-electron chi connectivity index (χ0n) is 16.9. The van der Waals surface area contributed by atoms with E-state index in [1.165, 1.54) is 23.9 Å². The second kappa shape index (κ2) is 10.0. The van der Waals surface area contributed by atoms with Gasteiger partial charge in [0.1, 0.15) is 11.1 Å². The monoisotopic (exact) mass is 412 g/mol. The van der Waals surface area contributed by atoms with Gasteiger partial charge in [0, 0.05) is 17.8 Å². The summed E-state index contributed by atoms with van der Waals surface area (Å²) in [5, 5.41) is 23.2. The highest BCUT2D eigenvalue weighted by atomic mass is 32.2. The number of carbonyl (C=O) groups is 1. The maximum absolute atomic E-state index is 12.8. The first-order valence-corrected chi connectivity index (χ1v) is 10.3. The molecule has 7 nitrogen and oxygen atoms in total. The Labute approximate surface area is 174 Å². The van der Waals surface area contributed by atoms with Crippen LogP contribution in [0.4, 0.5) is 11.4 Å². The molecule has 0 saturated heterocycles. The van der Waals surface area contributed by atoms with Gasteiger partial charge >= 0.3 is 0 Å². The number of nitriles is 1. The fourth-order valence-electron chi connectivity index (χ4n) is 2.71. The molecule has 1 atom stereocenters.